The minimum atomic E-state index is -2.63. The topological polar surface area (TPSA) is 62.6 Å². The number of nitrogens with one attached hydrogen (secondary N) is 1. The van der Waals surface area contributed by atoms with Crippen molar-refractivity contribution < 1.29 is 18.3 Å². The number of hydrogen-bond acceptors (Lipinski definition) is 5. The molecule has 7 nitrogen and oxygen atoms in total. The summed E-state index contributed by atoms with van der Waals surface area (Å²) in [6.45, 7) is 10.9. The molecular weight excluding hydrogens is 572 g/mol. The van der Waals surface area contributed by atoms with E-state index in [4.69, 9.17) is 9.84 Å². The molecule has 242 valence electrons. The van der Waals surface area contributed by atoms with Crippen molar-refractivity contribution in [2.75, 3.05) is 44.3 Å². The number of alkyl halides is 2. The van der Waals surface area contributed by atoms with Crippen LogP contribution in [0.15, 0.2) is 36.4 Å². The minimum absolute atomic E-state index is 0.0274. The number of aromatic nitrogens is 2. The fraction of sp³-hybridized carbons (Fsp3) is 0.556. The fourth-order valence-electron chi connectivity index (χ4n) is 7.41. The van der Waals surface area contributed by atoms with E-state index in [0.717, 1.165) is 78.6 Å². The zero-order valence-electron chi connectivity index (χ0n) is 27.0. The Morgan fingerprint density at radius 2 is 1.84 bits per heavy atom. The zero-order valence-corrected chi connectivity index (χ0v) is 27.0. The van der Waals surface area contributed by atoms with E-state index in [1.54, 1.807) is 13.0 Å². The Bertz CT molecular complexity index is 1480. The smallest absolute Gasteiger partial charge is 0.264 e. The SMILES string of the molecule is CCN(c1cc(C(F)F)c(-c2ccc(CCC3CCNCC3)cc2)cc1C)c1nn(C2CCOCC2)c2c1CN(C(C)=O)CC2. The van der Waals surface area contributed by atoms with Crippen LogP contribution in [0.2, 0.25) is 0 Å². The lowest BCUT2D eigenvalue weighted by Gasteiger charge is -2.30. The summed E-state index contributed by atoms with van der Waals surface area (Å²) in [5.74, 6) is 1.55. The molecule has 0 bridgehead atoms. The Hall–Kier alpha value is -3.30. The molecule has 1 amide bonds. The van der Waals surface area contributed by atoms with Crippen molar-refractivity contribution in [2.45, 2.75) is 84.7 Å². The number of anilines is 2. The average Bonchev–Trinajstić information content (AvgIpc) is 3.44. The highest BCUT2D eigenvalue weighted by Crippen LogP contribution is 2.41. The highest BCUT2D eigenvalue weighted by atomic mass is 19.3. The molecule has 3 aliphatic heterocycles. The number of carbonyl (C=O) groups excluding carboxylic acids is 1. The van der Waals surface area contributed by atoms with Gasteiger partial charge in [-0.3, -0.25) is 9.48 Å². The molecule has 1 N–H and O–H groups in total. The van der Waals surface area contributed by atoms with E-state index < -0.39 is 6.43 Å². The maximum Gasteiger partial charge on any atom is 0.264 e. The normalized spacial score (nSPS) is 18.0. The highest BCUT2D eigenvalue weighted by molar-refractivity contribution is 5.77. The van der Waals surface area contributed by atoms with Gasteiger partial charge in [0.25, 0.3) is 6.43 Å². The van der Waals surface area contributed by atoms with Crippen molar-refractivity contribution in [2.24, 2.45) is 5.92 Å². The van der Waals surface area contributed by atoms with E-state index in [1.165, 1.54) is 24.8 Å². The van der Waals surface area contributed by atoms with Gasteiger partial charge >= 0.3 is 0 Å². The lowest BCUT2D eigenvalue weighted by molar-refractivity contribution is -0.129. The summed E-state index contributed by atoms with van der Waals surface area (Å²) >= 11 is 0. The van der Waals surface area contributed by atoms with Crippen molar-refractivity contribution in [3.8, 4) is 11.1 Å². The van der Waals surface area contributed by atoms with Gasteiger partial charge in [-0.25, -0.2) is 8.78 Å². The molecule has 9 heteroatoms. The number of amides is 1. The van der Waals surface area contributed by atoms with Gasteiger partial charge in [0, 0.05) is 62.2 Å². The Morgan fingerprint density at radius 3 is 2.51 bits per heavy atom. The van der Waals surface area contributed by atoms with E-state index in [2.05, 4.69) is 27.0 Å². The number of piperidine rings is 1. The maximum absolute atomic E-state index is 14.8. The van der Waals surface area contributed by atoms with Gasteiger partial charge in [-0.1, -0.05) is 24.3 Å². The van der Waals surface area contributed by atoms with Gasteiger partial charge in [0.1, 0.15) is 0 Å². The van der Waals surface area contributed by atoms with Gasteiger partial charge in [-0.2, -0.15) is 5.10 Å². The molecule has 0 unspecified atom stereocenters. The van der Waals surface area contributed by atoms with Crippen LogP contribution in [0.25, 0.3) is 11.1 Å². The van der Waals surface area contributed by atoms with Crippen molar-refractivity contribution in [1.29, 1.82) is 0 Å². The van der Waals surface area contributed by atoms with Crippen LogP contribution in [0, 0.1) is 12.8 Å². The van der Waals surface area contributed by atoms with Crippen LogP contribution in [-0.2, 0) is 28.9 Å². The second kappa shape index (κ2) is 14.0. The number of hydrogen-bond donors (Lipinski definition) is 1. The molecule has 0 atom stereocenters. The molecule has 4 heterocycles. The first-order chi connectivity index (χ1) is 21.8. The number of ether oxygens (including phenoxy) is 1. The third-order valence-electron chi connectivity index (χ3n) is 10.1. The predicted octanol–water partition coefficient (Wildman–Crippen LogP) is 7.14. The summed E-state index contributed by atoms with van der Waals surface area (Å²) in [6.07, 6.45) is 4.51. The third-order valence-corrected chi connectivity index (χ3v) is 10.1. The molecule has 0 spiro atoms. The van der Waals surface area contributed by atoms with Crippen LogP contribution >= 0.6 is 0 Å². The second-order valence-corrected chi connectivity index (χ2v) is 12.9. The highest BCUT2D eigenvalue weighted by Gasteiger charge is 2.32. The third kappa shape index (κ3) is 6.80. The van der Waals surface area contributed by atoms with Crippen LogP contribution in [0.1, 0.15) is 86.4 Å². The van der Waals surface area contributed by atoms with Gasteiger partial charge in [0.05, 0.1) is 12.6 Å². The lowest BCUT2D eigenvalue weighted by atomic mass is 9.90. The van der Waals surface area contributed by atoms with Crippen LogP contribution in [0.4, 0.5) is 20.3 Å². The van der Waals surface area contributed by atoms with Crippen molar-refractivity contribution in [3.05, 3.63) is 64.3 Å². The fourth-order valence-corrected chi connectivity index (χ4v) is 7.41. The number of halogens is 2. The first kappa shape index (κ1) is 31.7. The van der Waals surface area contributed by atoms with E-state index >= 15 is 0 Å². The summed E-state index contributed by atoms with van der Waals surface area (Å²) in [6, 6.07) is 12.0. The summed E-state index contributed by atoms with van der Waals surface area (Å²) in [7, 11) is 0. The predicted molar refractivity (Wildman–Crippen MR) is 174 cm³/mol. The molecule has 0 aliphatic carbocycles. The molecule has 2 saturated heterocycles. The van der Waals surface area contributed by atoms with Crippen LogP contribution in [0.3, 0.4) is 0 Å². The maximum atomic E-state index is 14.8. The van der Waals surface area contributed by atoms with Crippen molar-refractivity contribution >= 4 is 17.4 Å². The Kier molecular flexibility index (Phi) is 9.85. The number of nitrogens with zero attached hydrogens (tertiary/aromatic N) is 4. The Balaban J connectivity index is 1.32. The van der Waals surface area contributed by atoms with Crippen molar-refractivity contribution in [1.82, 2.24) is 20.0 Å². The molecule has 0 radical (unpaired) electrons. The van der Waals surface area contributed by atoms with E-state index in [0.29, 0.717) is 38.4 Å². The number of carbonyl (C=O) groups is 1. The van der Waals surface area contributed by atoms with Gasteiger partial charge in [-0.05, 0) is 106 Å². The average molecular weight is 620 g/mol. The molecule has 3 aliphatic rings. The number of rotatable bonds is 9. The molecule has 1 aromatic heterocycles. The number of benzene rings is 2. The number of fused-ring (bicyclic) bond motifs is 1. The van der Waals surface area contributed by atoms with Crippen LogP contribution in [0.5, 0.6) is 0 Å². The molecule has 0 saturated carbocycles. The summed E-state index contributed by atoms with van der Waals surface area (Å²) in [4.78, 5) is 16.3. The largest absolute Gasteiger partial charge is 0.381 e. The molecular formula is C36H47F2N5O2. The van der Waals surface area contributed by atoms with Crippen LogP contribution in [-0.4, -0.2) is 60.0 Å². The zero-order chi connectivity index (χ0) is 31.5. The first-order valence-corrected chi connectivity index (χ1v) is 16.8. The standard InChI is InChI=1S/C36H47F2N5O2/c1-4-42(36-32-23-41(25(3)44)18-13-33(32)43(40-36)29-14-19-45-20-15-29)34-22-31(35(37)38)30(21-24(34)2)28-9-7-26(8-10-28)5-6-27-11-16-39-17-12-27/h7-10,21-22,27,29,35,39H,4-6,11-20,23H2,1-3H3. The molecule has 3 aromatic rings. The monoisotopic (exact) mass is 619 g/mol. The Labute approximate surface area is 265 Å². The molecule has 45 heavy (non-hydrogen) atoms. The second-order valence-electron chi connectivity index (χ2n) is 12.9. The van der Waals surface area contributed by atoms with Gasteiger partial charge in [0.2, 0.25) is 5.91 Å². The van der Waals surface area contributed by atoms with E-state index in [9.17, 15) is 13.6 Å². The quantitative estimate of drug-likeness (QED) is 0.276. The first-order valence-electron chi connectivity index (χ1n) is 16.8. The van der Waals surface area contributed by atoms with Crippen molar-refractivity contribution in [3.63, 3.8) is 0 Å². The van der Waals surface area contributed by atoms with E-state index in [-0.39, 0.29) is 17.5 Å². The summed E-state index contributed by atoms with van der Waals surface area (Å²) in [5.41, 5.74) is 6.49. The Morgan fingerprint density at radius 1 is 1.11 bits per heavy atom. The van der Waals surface area contributed by atoms with Gasteiger partial charge in [0.15, 0.2) is 5.82 Å². The van der Waals surface area contributed by atoms with Crippen LogP contribution < -0.4 is 10.2 Å². The van der Waals surface area contributed by atoms with E-state index in [1.807, 2.05) is 36.9 Å². The van der Waals surface area contributed by atoms with Gasteiger partial charge in [-0.15, -0.1) is 0 Å². The minimum Gasteiger partial charge on any atom is -0.381 e. The summed E-state index contributed by atoms with van der Waals surface area (Å²) in [5, 5.41) is 8.60. The molecule has 2 fully saturated rings. The number of aryl methyl sites for hydroxylation is 2. The molecule has 6 rings (SSSR count). The van der Waals surface area contributed by atoms with Gasteiger partial charge < -0.3 is 19.9 Å². The molecule has 2 aromatic carbocycles. The summed E-state index contributed by atoms with van der Waals surface area (Å²) < 4.78 is 37.3. The lowest BCUT2D eigenvalue weighted by Crippen LogP contribution is -2.35.